The van der Waals surface area contributed by atoms with Crippen LogP contribution in [-0.2, 0) is 23.9 Å². The van der Waals surface area contributed by atoms with Crippen molar-refractivity contribution in [3.63, 3.8) is 0 Å². The molecule has 35 heavy (non-hydrogen) atoms. The number of hydrogen-bond acceptors (Lipinski definition) is 7. The highest BCUT2D eigenvalue weighted by Crippen LogP contribution is 2.25. The normalized spacial score (nSPS) is 12.8. The summed E-state index contributed by atoms with van der Waals surface area (Å²) in [5.74, 6) is -1.61. The Labute approximate surface area is 213 Å². The van der Waals surface area contributed by atoms with E-state index in [9.17, 15) is 19.2 Å². The van der Waals surface area contributed by atoms with E-state index in [0.29, 0.717) is 12.0 Å². The van der Waals surface area contributed by atoms with E-state index in [1.54, 1.807) is 20.8 Å². The summed E-state index contributed by atoms with van der Waals surface area (Å²) in [6.07, 6.45) is 0.653. The first-order valence-corrected chi connectivity index (χ1v) is 12.3. The van der Waals surface area contributed by atoms with Gasteiger partial charge in [-0.1, -0.05) is 42.7 Å². The third-order valence-corrected chi connectivity index (χ3v) is 5.33. The molecule has 2 atom stereocenters. The number of nitrogens with one attached hydrogen (secondary N) is 2. The summed E-state index contributed by atoms with van der Waals surface area (Å²) in [6.45, 7) is 10.9. The number of hydrogen-bond donors (Lipinski definition) is 3. The smallest absolute Gasteiger partial charge is 0.408 e. The summed E-state index contributed by atoms with van der Waals surface area (Å²) in [4.78, 5) is 52.5. The van der Waals surface area contributed by atoms with Gasteiger partial charge < -0.3 is 25.0 Å². The second-order valence-corrected chi connectivity index (χ2v) is 9.75. The Bertz CT molecular complexity index is 879. The summed E-state index contributed by atoms with van der Waals surface area (Å²) < 4.78 is 9.93. The highest BCUT2D eigenvalue weighted by atomic mass is 32.1. The van der Waals surface area contributed by atoms with Crippen LogP contribution in [-0.4, -0.2) is 66.4 Å². The van der Waals surface area contributed by atoms with Crippen molar-refractivity contribution >= 4 is 36.5 Å². The van der Waals surface area contributed by atoms with Crippen LogP contribution >= 0.6 is 12.6 Å². The van der Waals surface area contributed by atoms with E-state index in [1.165, 1.54) is 12.0 Å². The van der Waals surface area contributed by atoms with Crippen molar-refractivity contribution < 1.29 is 28.7 Å². The lowest BCUT2D eigenvalue weighted by molar-refractivity contribution is -0.144. The average Bonchev–Trinajstić information content (AvgIpc) is 2.75. The molecule has 1 aromatic rings. The van der Waals surface area contributed by atoms with Crippen LogP contribution in [0.4, 0.5) is 4.79 Å². The number of thiol groups is 1. The van der Waals surface area contributed by atoms with Crippen LogP contribution in [0.3, 0.4) is 0 Å². The fourth-order valence-corrected chi connectivity index (χ4v) is 3.75. The number of benzene rings is 1. The molecular weight excluding hydrogens is 470 g/mol. The predicted octanol–water partition coefficient (Wildman–Crippen LogP) is 3.09. The molecule has 0 aliphatic carbocycles. The molecule has 196 valence electrons. The Balaban J connectivity index is 3.42. The van der Waals surface area contributed by atoms with Crippen LogP contribution in [0.5, 0.6) is 0 Å². The van der Waals surface area contributed by atoms with Crippen molar-refractivity contribution in [3.8, 4) is 0 Å². The molecule has 0 spiro atoms. The monoisotopic (exact) mass is 509 g/mol. The maximum atomic E-state index is 13.7. The van der Waals surface area contributed by atoms with Crippen molar-refractivity contribution in [2.24, 2.45) is 0 Å². The van der Waals surface area contributed by atoms with Crippen LogP contribution in [0.25, 0.3) is 0 Å². The number of aryl methyl sites for hydroxylation is 2. The van der Waals surface area contributed by atoms with E-state index in [2.05, 4.69) is 28.0 Å². The highest BCUT2D eigenvalue weighted by molar-refractivity contribution is 7.80. The maximum Gasteiger partial charge on any atom is 0.408 e. The number of nitrogens with zero attached hydrogens (tertiary/aromatic N) is 1. The standard InChI is InChI=1S/C25H39N3O6S/c1-8-9-10-28(23(31)19(15-35)27-24(32)34-25(4,5)6)21(22(30)26-14-20(29)33-7)18-12-16(2)11-17(3)13-18/h11-13,19,21,35H,8-10,14-15H2,1-7H3,(H,26,30)(H,27,32). The van der Waals surface area contributed by atoms with Gasteiger partial charge in [0, 0.05) is 12.3 Å². The van der Waals surface area contributed by atoms with Gasteiger partial charge in [-0.2, -0.15) is 12.6 Å². The summed E-state index contributed by atoms with van der Waals surface area (Å²) >= 11 is 4.27. The molecular formula is C25H39N3O6S. The van der Waals surface area contributed by atoms with E-state index in [1.807, 2.05) is 39.0 Å². The van der Waals surface area contributed by atoms with Gasteiger partial charge >= 0.3 is 12.1 Å². The van der Waals surface area contributed by atoms with E-state index in [4.69, 9.17) is 4.74 Å². The number of rotatable bonds is 11. The van der Waals surface area contributed by atoms with Crippen molar-refractivity contribution in [2.75, 3.05) is 26.0 Å². The number of alkyl carbamates (subject to hydrolysis) is 1. The first-order valence-electron chi connectivity index (χ1n) is 11.7. The van der Waals surface area contributed by atoms with Gasteiger partial charge in [0.1, 0.15) is 24.2 Å². The van der Waals surface area contributed by atoms with Gasteiger partial charge in [0.25, 0.3) is 0 Å². The molecule has 9 nitrogen and oxygen atoms in total. The number of carbonyl (C=O) groups is 4. The molecule has 2 N–H and O–H groups in total. The number of unbranched alkanes of at least 4 members (excludes halogenated alkanes) is 1. The zero-order chi connectivity index (χ0) is 26.8. The van der Waals surface area contributed by atoms with Gasteiger partial charge in [-0.25, -0.2) is 4.79 Å². The number of methoxy groups -OCH3 is 1. The molecule has 0 fully saturated rings. The highest BCUT2D eigenvalue weighted by Gasteiger charge is 2.36. The summed E-state index contributed by atoms with van der Waals surface area (Å²) in [6, 6.07) is 3.58. The molecule has 0 aromatic heterocycles. The average molecular weight is 510 g/mol. The summed E-state index contributed by atoms with van der Waals surface area (Å²) in [5, 5.41) is 5.15. The SMILES string of the molecule is CCCCN(C(=O)C(CS)NC(=O)OC(C)(C)C)C(C(=O)NCC(=O)OC)c1cc(C)cc(C)c1. The third kappa shape index (κ3) is 10.2. The molecule has 0 saturated carbocycles. The molecule has 0 aliphatic heterocycles. The van der Waals surface area contributed by atoms with Crippen LogP contribution in [0.15, 0.2) is 18.2 Å². The molecule has 0 radical (unpaired) electrons. The summed E-state index contributed by atoms with van der Waals surface area (Å²) in [5.41, 5.74) is 1.70. The van der Waals surface area contributed by atoms with Gasteiger partial charge in [-0.3, -0.25) is 14.4 Å². The van der Waals surface area contributed by atoms with E-state index in [0.717, 1.165) is 17.5 Å². The second-order valence-electron chi connectivity index (χ2n) is 9.38. The summed E-state index contributed by atoms with van der Waals surface area (Å²) in [7, 11) is 1.23. The maximum absolute atomic E-state index is 13.7. The minimum Gasteiger partial charge on any atom is -0.468 e. The van der Waals surface area contributed by atoms with Gasteiger partial charge in [0.2, 0.25) is 11.8 Å². The first-order chi connectivity index (χ1) is 16.3. The lowest BCUT2D eigenvalue weighted by Crippen LogP contribution is -2.54. The van der Waals surface area contributed by atoms with E-state index in [-0.39, 0.29) is 18.8 Å². The number of amides is 3. The molecule has 3 amide bonds. The molecule has 0 heterocycles. The Morgan fingerprint density at radius 1 is 1.09 bits per heavy atom. The lowest BCUT2D eigenvalue weighted by atomic mass is 9.98. The van der Waals surface area contributed by atoms with Gasteiger partial charge in [-0.15, -0.1) is 0 Å². The lowest BCUT2D eigenvalue weighted by Gasteiger charge is -2.34. The minimum atomic E-state index is -1.03. The Morgan fingerprint density at radius 3 is 2.17 bits per heavy atom. The molecule has 0 bridgehead atoms. The third-order valence-electron chi connectivity index (χ3n) is 4.96. The van der Waals surface area contributed by atoms with Crippen molar-refractivity contribution in [2.45, 2.75) is 72.1 Å². The molecule has 1 aromatic carbocycles. The van der Waals surface area contributed by atoms with Crippen LogP contribution in [0.2, 0.25) is 0 Å². The second kappa shape index (κ2) is 14.0. The van der Waals surface area contributed by atoms with Crippen LogP contribution in [0.1, 0.15) is 63.3 Å². The number of esters is 1. The quantitative estimate of drug-likeness (QED) is 0.312. The molecule has 0 aliphatic rings. The van der Waals surface area contributed by atoms with Gasteiger partial charge in [0.05, 0.1) is 7.11 Å². The fourth-order valence-electron chi connectivity index (χ4n) is 3.50. The van der Waals surface area contributed by atoms with Crippen molar-refractivity contribution in [3.05, 3.63) is 34.9 Å². The number of ether oxygens (including phenoxy) is 2. The molecule has 2 unspecified atom stereocenters. The zero-order valence-corrected chi connectivity index (χ0v) is 22.7. The van der Waals surface area contributed by atoms with Crippen LogP contribution in [0, 0.1) is 13.8 Å². The Morgan fingerprint density at radius 2 is 1.69 bits per heavy atom. The van der Waals surface area contributed by atoms with Gasteiger partial charge in [0.15, 0.2) is 0 Å². The van der Waals surface area contributed by atoms with E-state index < -0.39 is 41.6 Å². The molecule has 10 heteroatoms. The topological polar surface area (TPSA) is 114 Å². The predicted molar refractivity (Wildman–Crippen MR) is 137 cm³/mol. The van der Waals surface area contributed by atoms with E-state index >= 15 is 0 Å². The minimum absolute atomic E-state index is 0.00401. The number of carbonyl (C=O) groups excluding carboxylic acids is 4. The largest absolute Gasteiger partial charge is 0.468 e. The molecule has 1 rings (SSSR count). The van der Waals surface area contributed by atoms with Crippen LogP contribution < -0.4 is 10.6 Å². The zero-order valence-electron chi connectivity index (χ0n) is 21.8. The Kier molecular flexibility index (Phi) is 12.1. The first kappa shape index (κ1) is 30.3. The van der Waals surface area contributed by atoms with Gasteiger partial charge in [-0.05, 0) is 46.6 Å². The fraction of sp³-hybridized carbons (Fsp3) is 0.600. The van der Waals surface area contributed by atoms with Crippen molar-refractivity contribution in [1.82, 2.24) is 15.5 Å². The Hall–Kier alpha value is -2.75. The van der Waals surface area contributed by atoms with Crippen molar-refractivity contribution in [1.29, 1.82) is 0 Å². The molecule has 0 saturated heterocycles.